The van der Waals surface area contributed by atoms with Gasteiger partial charge in [-0.2, -0.15) is 0 Å². The van der Waals surface area contributed by atoms with Crippen LogP contribution in [0, 0.1) is 13.8 Å². The molecular weight excluding hydrogens is 258 g/mol. The molecule has 1 aliphatic heterocycles. The summed E-state index contributed by atoms with van der Waals surface area (Å²) in [5.41, 5.74) is 4.19. The molecule has 0 bridgehead atoms. The van der Waals surface area contributed by atoms with Gasteiger partial charge in [-0.1, -0.05) is 53.6 Å². The van der Waals surface area contributed by atoms with E-state index < -0.39 is 0 Å². The van der Waals surface area contributed by atoms with Crippen molar-refractivity contribution in [3.8, 4) is 0 Å². The summed E-state index contributed by atoms with van der Waals surface area (Å²) in [6, 6.07) is 16.3. The molecule has 2 heteroatoms. The predicted octanol–water partition coefficient (Wildman–Crippen LogP) is 4.40. The summed E-state index contributed by atoms with van der Waals surface area (Å²) in [7, 11) is 0. The summed E-state index contributed by atoms with van der Waals surface area (Å²) in [4.78, 5) is 14.7. The third-order valence-corrected chi connectivity index (χ3v) is 3.85. The lowest BCUT2D eigenvalue weighted by Crippen LogP contribution is -2.27. The molecule has 3 rings (SSSR count). The number of hydrogen-bond acceptors (Lipinski definition) is 1. The van der Waals surface area contributed by atoms with Gasteiger partial charge in [0.1, 0.15) is 0 Å². The summed E-state index contributed by atoms with van der Waals surface area (Å²) in [5.74, 6) is 0.0735. The van der Waals surface area contributed by atoms with Crippen molar-refractivity contribution < 1.29 is 4.79 Å². The van der Waals surface area contributed by atoms with E-state index in [-0.39, 0.29) is 11.9 Å². The zero-order valence-corrected chi connectivity index (χ0v) is 12.4. The van der Waals surface area contributed by atoms with Crippen LogP contribution in [0.4, 0.5) is 0 Å². The second-order valence-electron chi connectivity index (χ2n) is 5.64. The molecule has 2 aromatic carbocycles. The molecule has 1 unspecified atom stereocenters. The van der Waals surface area contributed by atoms with E-state index in [0.29, 0.717) is 0 Å². The van der Waals surface area contributed by atoms with Crippen LogP contribution in [0.15, 0.2) is 60.8 Å². The molecule has 0 saturated carbocycles. The maximum atomic E-state index is 12.8. The van der Waals surface area contributed by atoms with Crippen LogP contribution in [0.1, 0.15) is 39.5 Å². The highest BCUT2D eigenvalue weighted by atomic mass is 16.2. The van der Waals surface area contributed by atoms with Gasteiger partial charge in [0.05, 0.1) is 6.04 Å². The Balaban J connectivity index is 1.91. The van der Waals surface area contributed by atoms with E-state index in [1.165, 1.54) is 5.56 Å². The molecule has 2 nitrogen and oxygen atoms in total. The summed E-state index contributed by atoms with van der Waals surface area (Å²) in [5, 5.41) is 0. The number of benzene rings is 2. The Morgan fingerprint density at radius 3 is 2.38 bits per heavy atom. The highest BCUT2D eigenvalue weighted by Crippen LogP contribution is 2.31. The highest BCUT2D eigenvalue weighted by molar-refractivity contribution is 5.95. The first kappa shape index (κ1) is 13.6. The van der Waals surface area contributed by atoms with Crippen LogP contribution in [0.25, 0.3) is 0 Å². The van der Waals surface area contributed by atoms with Crippen LogP contribution in [0.5, 0.6) is 0 Å². The molecule has 1 heterocycles. The number of hydrogen-bond donors (Lipinski definition) is 0. The Morgan fingerprint density at radius 2 is 1.71 bits per heavy atom. The van der Waals surface area contributed by atoms with E-state index in [0.717, 1.165) is 23.1 Å². The fourth-order valence-corrected chi connectivity index (χ4v) is 2.95. The molecular formula is C19H19NO. The van der Waals surface area contributed by atoms with E-state index in [9.17, 15) is 4.79 Å². The first-order valence-corrected chi connectivity index (χ1v) is 7.28. The summed E-state index contributed by atoms with van der Waals surface area (Å²) < 4.78 is 0. The van der Waals surface area contributed by atoms with Gasteiger partial charge in [0, 0.05) is 11.8 Å². The van der Waals surface area contributed by atoms with Crippen molar-refractivity contribution in [3.63, 3.8) is 0 Å². The summed E-state index contributed by atoms with van der Waals surface area (Å²) >= 11 is 0. The standard InChI is InChI=1S/C19H19NO/c1-14-11-15(2)13-17(12-14)19(21)20-10-6-9-18(20)16-7-4-3-5-8-16/h3-8,10-13,18H,9H2,1-2H3. The van der Waals surface area contributed by atoms with Gasteiger partial charge in [0.15, 0.2) is 0 Å². The molecule has 0 saturated heterocycles. The predicted molar refractivity (Wildman–Crippen MR) is 85.0 cm³/mol. The van der Waals surface area contributed by atoms with Gasteiger partial charge in [-0.25, -0.2) is 0 Å². The lowest BCUT2D eigenvalue weighted by molar-refractivity contribution is 0.0783. The summed E-state index contributed by atoms with van der Waals surface area (Å²) in [6.45, 7) is 4.05. The number of rotatable bonds is 2. The van der Waals surface area contributed by atoms with Gasteiger partial charge in [-0.05, 0) is 38.0 Å². The number of carbonyl (C=O) groups is 1. The third kappa shape index (κ3) is 2.75. The van der Waals surface area contributed by atoms with Crippen LogP contribution in [-0.4, -0.2) is 10.8 Å². The van der Waals surface area contributed by atoms with E-state index in [1.54, 1.807) is 0 Å². The Labute approximate surface area is 125 Å². The molecule has 0 spiro atoms. The van der Waals surface area contributed by atoms with Gasteiger partial charge in [-0.3, -0.25) is 4.79 Å². The van der Waals surface area contributed by atoms with Crippen molar-refractivity contribution in [1.82, 2.24) is 4.90 Å². The average molecular weight is 277 g/mol. The van der Waals surface area contributed by atoms with Crippen LogP contribution in [-0.2, 0) is 0 Å². The normalized spacial score (nSPS) is 17.2. The van der Waals surface area contributed by atoms with Gasteiger partial charge in [0.25, 0.3) is 5.91 Å². The van der Waals surface area contributed by atoms with Gasteiger partial charge in [-0.15, -0.1) is 0 Å². The molecule has 1 amide bonds. The van der Waals surface area contributed by atoms with Gasteiger partial charge >= 0.3 is 0 Å². The van der Waals surface area contributed by atoms with Crippen LogP contribution >= 0.6 is 0 Å². The number of carbonyl (C=O) groups excluding carboxylic acids is 1. The molecule has 106 valence electrons. The van der Waals surface area contributed by atoms with Crippen molar-refractivity contribution in [2.24, 2.45) is 0 Å². The van der Waals surface area contributed by atoms with Crippen molar-refractivity contribution in [1.29, 1.82) is 0 Å². The van der Waals surface area contributed by atoms with E-state index in [1.807, 2.05) is 55.3 Å². The number of amides is 1. The lowest BCUT2D eigenvalue weighted by atomic mass is 10.0. The molecule has 0 radical (unpaired) electrons. The fraction of sp³-hybridized carbons (Fsp3) is 0.211. The monoisotopic (exact) mass is 277 g/mol. The van der Waals surface area contributed by atoms with Crippen molar-refractivity contribution >= 4 is 5.91 Å². The second-order valence-corrected chi connectivity index (χ2v) is 5.64. The average Bonchev–Trinajstić information content (AvgIpc) is 2.95. The zero-order chi connectivity index (χ0) is 14.8. The zero-order valence-electron chi connectivity index (χ0n) is 12.4. The lowest BCUT2D eigenvalue weighted by Gasteiger charge is -2.24. The first-order chi connectivity index (χ1) is 10.1. The minimum absolute atomic E-state index is 0.0735. The number of aryl methyl sites for hydroxylation is 2. The Morgan fingerprint density at radius 1 is 1.05 bits per heavy atom. The maximum absolute atomic E-state index is 12.8. The molecule has 0 aliphatic carbocycles. The Bertz CT molecular complexity index is 668. The Kier molecular flexibility index (Phi) is 3.61. The van der Waals surface area contributed by atoms with Gasteiger partial charge < -0.3 is 4.90 Å². The van der Waals surface area contributed by atoms with Crippen molar-refractivity contribution in [2.45, 2.75) is 26.3 Å². The molecule has 1 atom stereocenters. The SMILES string of the molecule is Cc1cc(C)cc(C(=O)N2C=CCC2c2ccccc2)c1. The summed E-state index contributed by atoms with van der Waals surface area (Å²) in [6.07, 6.45) is 4.86. The van der Waals surface area contributed by atoms with E-state index in [2.05, 4.69) is 24.3 Å². The highest BCUT2D eigenvalue weighted by Gasteiger charge is 2.27. The van der Waals surface area contributed by atoms with E-state index in [4.69, 9.17) is 0 Å². The van der Waals surface area contributed by atoms with Crippen LogP contribution in [0.3, 0.4) is 0 Å². The minimum Gasteiger partial charge on any atom is -0.308 e. The molecule has 2 aromatic rings. The molecule has 1 aliphatic rings. The topological polar surface area (TPSA) is 20.3 Å². The van der Waals surface area contributed by atoms with Crippen molar-refractivity contribution in [2.75, 3.05) is 0 Å². The molecule has 0 fully saturated rings. The molecule has 21 heavy (non-hydrogen) atoms. The third-order valence-electron chi connectivity index (χ3n) is 3.85. The van der Waals surface area contributed by atoms with Crippen LogP contribution in [0.2, 0.25) is 0 Å². The second kappa shape index (κ2) is 5.57. The van der Waals surface area contributed by atoms with Gasteiger partial charge in [0.2, 0.25) is 0 Å². The fourth-order valence-electron chi connectivity index (χ4n) is 2.95. The minimum atomic E-state index is 0.0735. The smallest absolute Gasteiger partial charge is 0.258 e. The molecule has 0 N–H and O–H groups in total. The van der Waals surface area contributed by atoms with Crippen LogP contribution < -0.4 is 0 Å². The quantitative estimate of drug-likeness (QED) is 0.796. The van der Waals surface area contributed by atoms with Crippen molar-refractivity contribution in [3.05, 3.63) is 83.1 Å². The maximum Gasteiger partial charge on any atom is 0.258 e. The molecule has 0 aromatic heterocycles. The number of nitrogens with zero attached hydrogens (tertiary/aromatic N) is 1. The Hall–Kier alpha value is -2.35. The first-order valence-electron chi connectivity index (χ1n) is 7.28. The van der Waals surface area contributed by atoms with E-state index >= 15 is 0 Å². The largest absolute Gasteiger partial charge is 0.308 e.